The van der Waals surface area contributed by atoms with Gasteiger partial charge < -0.3 is 9.97 Å². The van der Waals surface area contributed by atoms with Gasteiger partial charge >= 0.3 is 0 Å². The van der Waals surface area contributed by atoms with Crippen LogP contribution in [0, 0.1) is 0 Å². The lowest BCUT2D eigenvalue weighted by molar-refractivity contribution is 0.112. The van der Waals surface area contributed by atoms with E-state index in [-0.39, 0.29) is 0 Å². The van der Waals surface area contributed by atoms with E-state index in [0.717, 1.165) is 24.1 Å². The summed E-state index contributed by atoms with van der Waals surface area (Å²) in [5.74, 6) is 0. The zero-order chi connectivity index (χ0) is 9.10. The van der Waals surface area contributed by atoms with Crippen LogP contribution in [0.5, 0.6) is 0 Å². The van der Waals surface area contributed by atoms with E-state index in [1.165, 1.54) is 0 Å². The van der Waals surface area contributed by atoms with Crippen LogP contribution in [0.2, 0.25) is 0 Å². The van der Waals surface area contributed by atoms with Crippen LogP contribution in [-0.4, -0.2) is 16.3 Å². The molecule has 0 spiro atoms. The summed E-state index contributed by atoms with van der Waals surface area (Å²) >= 11 is 0. The van der Waals surface area contributed by atoms with Crippen LogP contribution < -0.4 is 0 Å². The highest BCUT2D eigenvalue weighted by molar-refractivity contribution is 5.74. The maximum absolute atomic E-state index is 10.4. The molecule has 0 aliphatic rings. The monoisotopic (exact) mass is 174 g/mol. The predicted octanol–water partition coefficient (Wildman–Crippen LogP) is 1.75. The van der Waals surface area contributed by atoms with Crippen molar-refractivity contribution in [3.63, 3.8) is 0 Å². The molecule has 0 aliphatic carbocycles. The number of nitrogens with one attached hydrogen (secondary N) is 2. The van der Waals surface area contributed by atoms with Gasteiger partial charge in [0.25, 0.3) is 0 Å². The average Bonchev–Trinajstić information content (AvgIpc) is 2.76. The topological polar surface area (TPSA) is 48.6 Å². The average molecular weight is 174 g/mol. The van der Waals surface area contributed by atoms with Gasteiger partial charge in [-0.15, -0.1) is 0 Å². The Kier molecular flexibility index (Phi) is 2.00. The Morgan fingerprint density at radius 2 is 2.23 bits per heavy atom. The van der Waals surface area contributed by atoms with Crippen LogP contribution in [0.1, 0.15) is 21.7 Å². The minimum atomic E-state index is 0.696. The zero-order valence-corrected chi connectivity index (χ0v) is 7.08. The third kappa shape index (κ3) is 1.69. The highest BCUT2D eigenvalue weighted by atomic mass is 16.1. The highest BCUT2D eigenvalue weighted by Gasteiger charge is 1.99. The number of carbonyl (C=O) groups is 1. The lowest BCUT2D eigenvalue weighted by atomic mass is 10.2. The first-order chi connectivity index (χ1) is 6.38. The second-order valence-corrected chi connectivity index (χ2v) is 2.95. The van der Waals surface area contributed by atoms with E-state index in [9.17, 15) is 4.79 Å². The van der Waals surface area contributed by atoms with Crippen LogP contribution in [0.25, 0.3) is 0 Å². The Hall–Kier alpha value is -1.77. The van der Waals surface area contributed by atoms with Gasteiger partial charge in [-0.1, -0.05) is 0 Å². The molecule has 2 aromatic rings. The van der Waals surface area contributed by atoms with Gasteiger partial charge in [-0.3, -0.25) is 4.79 Å². The van der Waals surface area contributed by atoms with Gasteiger partial charge in [-0.25, -0.2) is 0 Å². The van der Waals surface area contributed by atoms with Crippen molar-refractivity contribution in [1.82, 2.24) is 9.97 Å². The summed E-state index contributed by atoms with van der Waals surface area (Å²) in [6.07, 6.45) is 5.25. The standard InChI is InChI=1S/C10H10N2O/c13-7-8-4-10(12-6-8)5-9-2-1-3-11-9/h1-4,6-7,11-12H,5H2. The SMILES string of the molecule is O=Cc1c[nH]c(Cc2ccc[nH]2)c1. The normalized spacial score (nSPS) is 10.2. The fraction of sp³-hybridized carbons (Fsp3) is 0.100. The van der Waals surface area contributed by atoms with Crippen molar-refractivity contribution in [1.29, 1.82) is 0 Å². The molecule has 2 aromatic heterocycles. The summed E-state index contributed by atoms with van der Waals surface area (Å²) in [5.41, 5.74) is 2.88. The van der Waals surface area contributed by atoms with E-state index in [1.54, 1.807) is 6.20 Å². The molecule has 3 nitrogen and oxygen atoms in total. The molecule has 0 aromatic carbocycles. The number of hydrogen-bond acceptors (Lipinski definition) is 1. The minimum Gasteiger partial charge on any atom is -0.365 e. The lowest BCUT2D eigenvalue weighted by Gasteiger charge is -1.92. The molecule has 2 heterocycles. The highest BCUT2D eigenvalue weighted by Crippen LogP contribution is 2.06. The molecule has 2 rings (SSSR count). The maximum atomic E-state index is 10.4. The van der Waals surface area contributed by atoms with Crippen LogP contribution >= 0.6 is 0 Å². The van der Waals surface area contributed by atoms with Gasteiger partial charge in [-0.05, 0) is 18.2 Å². The molecule has 0 radical (unpaired) electrons. The first-order valence-electron chi connectivity index (χ1n) is 4.13. The number of carbonyl (C=O) groups excluding carboxylic acids is 1. The fourth-order valence-electron chi connectivity index (χ4n) is 1.31. The molecule has 0 fully saturated rings. The van der Waals surface area contributed by atoms with Gasteiger partial charge in [0.05, 0.1) is 0 Å². The molecule has 0 saturated carbocycles. The van der Waals surface area contributed by atoms with Crippen molar-refractivity contribution in [3.05, 3.63) is 47.5 Å². The second kappa shape index (κ2) is 3.31. The molecule has 0 amide bonds. The molecule has 0 unspecified atom stereocenters. The first kappa shape index (κ1) is 7.86. The summed E-state index contributed by atoms with van der Waals surface area (Å²) in [6.45, 7) is 0. The zero-order valence-electron chi connectivity index (χ0n) is 7.08. The largest absolute Gasteiger partial charge is 0.365 e. The van der Waals surface area contributed by atoms with Crippen LogP contribution in [-0.2, 0) is 6.42 Å². The molecule has 0 saturated heterocycles. The molecule has 3 heteroatoms. The summed E-state index contributed by atoms with van der Waals surface area (Å²) in [7, 11) is 0. The summed E-state index contributed by atoms with van der Waals surface area (Å²) in [5, 5.41) is 0. The number of aromatic nitrogens is 2. The number of hydrogen-bond donors (Lipinski definition) is 2. The number of rotatable bonds is 3. The van der Waals surface area contributed by atoms with Crippen molar-refractivity contribution in [2.24, 2.45) is 0 Å². The Labute approximate surface area is 75.8 Å². The molecule has 2 N–H and O–H groups in total. The summed E-state index contributed by atoms with van der Waals surface area (Å²) in [6, 6.07) is 5.83. The molecule has 0 atom stereocenters. The van der Waals surface area contributed by atoms with Gasteiger partial charge in [0.1, 0.15) is 0 Å². The summed E-state index contributed by atoms with van der Waals surface area (Å²) in [4.78, 5) is 16.5. The molecular weight excluding hydrogens is 164 g/mol. The number of aldehydes is 1. The van der Waals surface area contributed by atoms with Crippen LogP contribution in [0.3, 0.4) is 0 Å². The Balaban J connectivity index is 2.14. The van der Waals surface area contributed by atoms with Crippen LogP contribution in [0.15, 0.2) is 30.6 Å². The molecule has 66 valence electrons. The van der Waals surface area contributed by atoms with E-state index in [4.69, 9.17) is 0 Å². The van der Waals surface area contributed by atoms with Gasteiger partial charge in [0.15, 0.2) is 6.29 Å². The van der Waals surface area contributed by atoms with Crippen molar-refractivity contribution < 1.29 is 4.79 Å². The van der Waals surface area contributed by atoms with Crippen molar-refractivity contribution in [2.75, 3.05) is 0 Å². The van der Waals surface area contributed by atoms with E-state index >= 15 is 0 Å². The number of aromatic amines is 2. The van der Waals surface area contributed by atoms with Crippen molar-refractivity contribution in [3.8, 4) is 0 Å². The molecular formula is C10H10N2O. The minimum absolute atomic E-state index is 0.696. The van der Waals surface area contributed by atoms with Crippen molar-refractivity contribution in [2.45, 2.75) is 6.42 Å². The van der Waals surface area contributed by atoms with Gasteiger partial charge in [-0.2, -0.15) is 0 Å². The smallest absolute Gasteiger partial charge is 0.151 e. The predicted molar refractivity (Wildman–Crippen MR) is 49.8 cm³/mol. The Morgan fingerprint density at radius 3 is 2.85 bits per heavy atom. The van der Waals surface area contributed by atoms with E-state index < -0.39 is 0 Å². The van der Waals surface area contributed by atoms with Crippen molar-refractivity contribution >= 4 is 6.29 Å². The summed E-state index contributed by atoms with van der Waals surface area (Å²) < 4.78 is 0. The maximum Gasteiger partial charge on any atom is 0.151 e. The molecule has 0 bridgehead atoms. The first-order valence-corrected chi connectivity index (χ1v) is 4.13. The third-order valence-corrected chi connectivity index (χ3v) is 1.94. The molecule has 0 aliphatic heterocycles. The van der Waals surface area contributed by atoms with E-state index in [2.05, 4.69) is 9.97 Å². The quantitative estimate of drug-likeness (QED) is 0.684. The van der Waals surface area contributed by atoms with Gasteiger partial charge in [0, 0.05) is 35.8 Å². The van der Waals surface area contributed by atoms with Crippen LogP contribution in [0.4, 0.5) is 0 Å². The second-order valence-electron chi connectivity index (χ2n) is 2.95. The third-order valence-electron chi connectivity index (χ3n) is 1.94. The number of H-pyrrole nitrogens is 2. The Bertz CT molecular complexity index is 387. The van der Waals surface area contributed by atoms with Gasteiger partial charge in [0.2, 0.25) is 0 Å². The molecule has 13 heavy (non-hydrogen) atoms. The lowest BCUT2D eigenvalue weighted by Crippen LogP contribution is -1.86. The van der Waals surface area contributed by atoms with E-state index in [1.807, 2.05) is 24.4 Å². The Morgan fingerprint density at radius 1 is 1.31 bits per heavy atom. The fourth-order valence-corrected chi connectivity index (χ4v) is 1.31. The van der Waals surface area contributed by atoms with E-state index in [0.29, 0.717) is 5.56 Å².